The summed E-state index contributed by atoms with van der Waals surface area (Å²) in [4.78, 5) is 13.0. The van der Waals surface area contributed by atoms with Gasteiger partial charge in [-0.3, -0.25) is 4.79 Å². The maximum atomic E-state index is 11.5. The van der Waals surface area contributed by atoms with Crippen LogP contribution in [-0.4, -0.2) is 44.2 Å². The lowest BCUT2D eigenvalue weighted by Crippen LogP contribution is -2.21. The van der Waals surface area contributed by atoms with Gasteiger partial charge in [0.05, 0.1) is 20.3 Å². The second-order valence-corrected chi connectivity index (χ2v) is 4.45. The second kappa shape index (κ2) is 6.99. The molecule has 0 radical (unpaired) electrons. The second-order valence-electron chi connectivity index (χ2n) is 4.45. The van der Waals surface area contributed by atoms with Crippen molar-refractivity contribution >= 4 is 5.91 Å². The zero-order valence-corrected chi connectivity index (χ0v) is 11.8. The van der Waals surface area contributed by atoms with Crippen LogP contribution in [0.1, 0.15) is 24.5 Å². The Kier molecular flexibility index (Phi) is 5.63. The molecule has 1 rings (SSSR count). The van der Waals surface area contributed by atoms with Crippen molar-refractivity contribution in [3.05, 3.63) is 23.8 Å². The Morgan fingerprint density at radius 1 is 1.32 bits per heavy atom. The molecule has 106 valence electrons. The molecule has 1 amide bonds. The normalized spacial score (nSPS) is 11.8. The van der Waals surface area contributed by atoms with Crippen LogP contribution in [0.3, 0.4) is 0 Å². The zero-order valence-electron chi connectivity index (χ0n) is 11.8. The Morgan fingerprint density at radius 3 is 2.53 bits per heavy atom. The van der Waals surface area contributed by atoms with Crippen LogP contribution in [0.5, 0.6) is 11.5 Å². The first-order chi connectivity index (χ1) is 8.99. The highest BCUT2D eigenvalue weighted by atomic mass is 16.5. The summed E-state index contributed by atoms with van der Waals surface area (Å²) < 4.78 is 10.3. The number of carbonyl (C=O) groups is 1. The summed E-state index contributed by atoms with van der Waals surface area (Å²) in [5.41, 5.74) is 0.662. The Balaban J connectivity index is 2.76. The van der Waals surface area contributed by atoms with Crippen molar-refractivity contribution in [1.29, 1.82) is 0 Å². The van der Waals surface area contributed by atoms with Crippen molar-refractivity contribution in [3.8, 4) is 11.5 Å². The molecule has 1 atom stereocenters. The fourth-order valence-electron chi connectivity index (χ4n) is 1.73. The molecule has 0 heterocycles. The van der Waals surface area contributed by atoms with Crippen molar-refractivity contribution in [1.82, 2.24) is 4.90 Å². The number of carbonyl (C=O) groups excluding carboxylic acids is 1. The SMILES string of the molecule is COc1ccc(C(O)CCC(=O)N(C)C)c(OC)c1. The van der Waals surface area contributed by atoms with E-state index in [1.54, 1.807) is 39.4 Å². The summed E-state index contributed by atoms with van der Waals surface area (Å²) in [5.74, 6) is 1.22. The number of benzene rings is 1. The molecule has 0 aliphatic heterocycles. The number of hydrogen-bond acceptors (Lipinski definition) is 4. The predicted molar refractivity (Wildman–Crippen MR) is 72.4 cm³/mol. The van der Waals surface area contributed by atoms with Crippen LogP contribution >= 0.6 is 0 Å². The topological polar surface area (TPSA) is 59.0 Å². The van der Waals surface area contributed by atoms with E-state index in [0.29, 0.717) is 29.9 Å². The molecule has 5 heteroatoms. The van der Waals surface area contributed by atoms with Crippen LogP contribution in [0, 0.1) is 0 Å². The molecule has 0 fully saturated rings. The first kappa shape index (κ1) is 15.3. The van der Waals surface area contributed by atoms with Crippen molar-refractivity contribution in [2.45, 2.75) is 18.9 Å². The van der Waals surface area contributed by atoms with Gasteiger partial charge >= 0.3 is 0 Å². The third-order valence-electron chi connectivity index (χ3n) is 2.93. The van der Waals surface area contributed by atoms with Gasteiger partial charge in [-0.25, -0.2) is 0 Å². The van der Waals surface area contributed by atoms with Gasteiger partial charge in [0.25, 0.3) is 0 Å². The minimum atomic E-state index is -0.732. The predicted octanol–water partition coefficient (Wildman–Crippen LogP) is 1.61. The molecule has 0 aromatic heterocycles. The largest absolute Gasteiger partial charge is 0.497 e. The molecule has 0 spiro atoms. The first-order valence-corrected chi connectivity index (χ1v) is 6.09. The van der Waals surface area contributed by atoms with Crippen LogP contribution in [0.2, 0.25) is 0 Å². The standard InChI is InChI=1S/C14H21NO4/c1-15(2)14(17)8-7-12(16)11-6-5-10(18-3)9-13(11)19-4/h5-6,9,12,16H,7-8H2,1-4H3. The number of ether oxygens (including phenoxy) is 2. The van der Waals surface area contributed by atoms with Crippen molar-refractivity contribution in [2.24, 2.45) is 0 Å². The number of methoxy groups -OCH3 is 2. The fraction of sp³-hybridized carbons (Fsp3) is 0.500. The molecule has 0 bridgehead atoms. The van der Waals surface area contributed by atoms with Gasteiger partial charge in [-0.1, -0.05) is 0 Å². The van der Waals surface area contributed by atoms with E-state index in [9.17, 15) is 9.90 Å². The van der Waals surface area contributed by atoms with E-state index in [-0.39, 0.29) is 5.91 Å². The summed E-state index contributed by atoms with van der Waals surface area (Å²) in [5, 5.41) is 10.1. The van der Waals surface area contributed by atoms with Gasteiger partial charge in [-0.15, -0.1) is 0 Å². The van der Waals surface area contributed by atoms with Gasteiger partial charge in [0.1, 0.15) is 11.5 Å². The number of amides is 1. The summed E-state index contributed by atoms with van der Waals surface area (Å²) >= 11 is 0. The van der Waals surface area contributed by atoms with Crippen LogP contribution < -0.4 is 9.47 Å². The minimum Gasteiger partial charge on any atom is -0.497 e. The number of aliphatic hydroxyl groups excluding tert-OH is 1. The third kappa shape index (κ3) is 4.13. The quantitative estimate of drug-likeness (QED) is 0.850. The molecule has 19 heavy (non-hydrogen) atoms. The summed E-state index contributed by atoms with van der Waals surface area (Å²) in [6.07, 6.45) is -0.0759. The van der Waals surface area contributed by atoms with Crippen molar-refractivity contribution in [3.63, 3.8) is 0 Å². The lowest BCUT2D eigenvalue weighted by atomic mass is 10.0. The number of hydrogen-bond donors (Lipinski definition) is 1. The summed E-state index contributed by atoms with van der Waals surface area (Å²) in [6, 6.07) is 5.23. The van der Waals surface area contributed by atoms with Crippen molar-refractivity contribution in [2.75, 3.05) is 28.3 Å². The van der Waals surface area contributed by atoms with Gasteiger partial charge in [-0.2, -0.15) is 0 Å². The Hall–Kier alpha value is -1.75. The molecule has 1 N–H and O–H groups in total. The highest BCUT2D eigenvalue weighted by Crippen LogP contribution is 2.31. The molecule has 1 aromatic rings. The maximum Gasteiger partial charge on any atom is 0.222 e. The fourth-order valence-corrected chi connectivity index (χ4v) is 1.73. The van der Waals surface area contributed by atoms with E-state index < -0.39 is 6.10 Å². The van der Waals surface area contributed by atoms with Gasteiger partial charge in [0.15, 0.2) is 0 Å². The molecule has 0 aliphatic carbocycles. The van der Waals surface area contributed by atoms with E-state index in [1.807, 2.05) is 0 Å². The molecule has 0 aliphatic rings. The van der Waals surface area contributed by atoms with Crippen LogP contribution in [0.4, 0.5) is 0 Å². The molecule has 0 saturated heterocycles. The molecular formula is C14H21NO4. The lowest BCUT2D eigenvalue weighted by Gasteiger charge is -2.16. The van der Waals surface area contributed by atoms with Crippen LogP contribution in [0.15, 0.2) is 18.2 Å². The van der Waals surface area contributed by atoms with Crippen LogP contribution in [-0.2, 0) is 4.79 Å². The third-order valence-corrected chi connectivity index (χ3v) is 2.93. The first-order valence-electron chi connectivity index (χ1n) is 6.09. The smallest absolute Gasteiger partial charge is 0.222 e. The van der Waals surface area contributed by atoms with Gasteiger partial charge in [0.2, 0.25) is 5.91 Å². The highest BCUT2D eigenvalue weighted by molar-refractivity contribution is 5.75. The zero-order chi connectivity index (χ0) is 14.4. The summed E-state index contributed by atoms with van der Waals surface area (Å²) in [7, 11) is 6.50. The maximum absolute atomic E-state index is 11.5. The van der Waals surface area contributed by atoms with Crippen molar-refractivity contribution < 1.29 is 19.4 Å². The average Bonchev–Trinajstić information content (AvgIpc) is 2.43. The monoisotopic (exact) mass is 267 g/mol. The van der Waals surface area contributed by atoms with Gasteiger partial charge < -0.3 is 19.5 Å². The molecular weight excluding hydrogens is 246 g/mol. The van der Waals surface area contributed by atoms with Gasteiger partial charge in [0, 0.05) is 32.1 Å². The molecule has 1 aromatic carbocycles. The van der Waals surface area contributed by atoms with E-state index in [1.165, 1.54) is 12.0 Å². The van der Waals surface area contributed by atoms with Crippen LogP contribution in [0.25, 0.3) is 0 Å². The number of rotatable bonds is 6. The molecule has 1 unspecified atom stereocenters. The average molecular weight is 267 g/mol. The number of aliphatic hydroxyl groups is 1. The molecule has 0 saturated carbocycles. The lowest BCUT2D eigenvalue weighted by molar-refractivity contribution is -0.129. The van der Waals surface area contributed by atoms with E-state index >= 15 is 0 Å². The Morgan fingerprint density at radius 2 is 2.00 bits per heavy atom. The molecule has 5 nitrogen and oxygen atoms in total. The van der Waals surface area contributed by atoms with Gasteiger partial charge in [-0.05, 0) is 18.6 Å². The Labute approximate surface area is 113 Å². The Bertz CT molecular complexity index is 431. The number of nitrogens with zero attached hydrogens (tertiary/aromatic N) is 1. The minimum absolute atomic E-state index is 0.00784. The van der Waals surface area contributed by atoms with E-state index in [4.69, 9.17) is 9.47 Å². The van der Waals surface area contributed by atoms with E-state index in [2.05, 4.69) is 0 Å². The highest BCUT2D eigenvalue weighted by Gasteiger charge is 2.16. The van der Waals surface area contributed by atoms with E-state index in [0.717, 1.165) is 0 Å². The summed E-state index contributed by atoms with van der Waals surface area (Å²) in [6.45, 7) is 0.